The van der Waals surface area contributed by atoms with Crippen molar-refractivity contribution in [3.8, 4) is 0 Å². The SMILES string of the molecule is CC1CCCCN1c1ccc(N2CCN(S(=O)(=O)c3ccc4oc(=O)n(C)c4c3)CC2)nn1. The molecule has 0 aliphatic carbocycles. The number of anilines is 2. The molecule has 1 aromatic carbocycles. The number of oxazole rings is 1. The summed E-state index contributed by atoms with van der Waals surface area (Å²) in [6.07, 6.45) is 3.60. The van der Waals surface area contributed by atoms with Gasteiger partial charge in [-0.15, -0.1) is 10.2 Å². The number of piperidine rings is 1. The summed E-state index contributed by atoms with van der Waals surface area (Å²) >= 11 is 0. The largest absolute Gasteiger partial charge is 0.419 e. The number of hydrogen-bond acceptors (Lipinski definition) is 8. The molecular formula is C22H28N6O4S. The fraction of sp³-hybridized carbons (Fsp3) is 0.500. The number of nitrogens with zero attached hydrogens (tertiary/aromatic N) is 6. The Hall–Kier alpha value is -2.92. The van der Waals surface area contributed by atoms with Gasteiger partial charge in [0.2, 0.25) is 10.0 Å². The summed E-state index contributed by atoms with van der Waals surface area (Å²) in [5, 5.41) is 8.88. The van der Waals surface area contributed by atoms with E-state index in [1.165, 1.54) is 46.3 Å². The minimum atomic E-state index is -3.69. The summed E-state index contributed by atoms with van der Waals surface area (Å²) in [4.78, 5) is 16.2. The van der Waals surface area contributed by atoms with Gasteiger partial charge < -0.3 is 14.2 Å². The predicted molar refractivity (Wildman–Crippen MR) is 125 cm³/mol. The second-order valence-electron chi connectivity index (χ2n) is 8.74. The van der Waals surface area contributed by atoms with Crippen LogP contribution in [0.3, 0.4) is 0 Å². The summed E-state index contributed by atoms with van der Waals surface area (Å²) < 4.78 is 34.3. The highest BCUT2D eigenvalue weighted by atomic mass is 32.2. The maximum absolute atomic E-state index is 13.2. The van der Waals surface area contributed by atoms with E-state index in [9.17, 15) is 13.2 Å². The number of sulfonamides is 1. The monoisotopic (exact) mass is 472 g/mol. The molecule has 0 N–H and O–H groups in total. The standard InChI is InChI=1S/C22H28N6O4S/c1-16-5-3-4-10-28(16)21-9-8-20(23-24-21)26-11-13-27(14-12-26)33(30,31)17-6-7-19-18(15-17)25(2)22(29)32-19/h6-9,15-16H,3-5,10-14H2,1-2H3. The van der Waals surface area contributed by atoms with Gasteiger partial charge in [-0.2, -0.15) is 4.31 Å². The minimum Gasteiger partial charge on any atom is -0.408 e. The van der Waals surface area contributed by atoms with Crippen molar-refractivity contribution in [1.29, 1.82) is 0 Å². The lowest BCUT2D eigenvalue weighted by molar-refractivity contribution is 0.383. The quantitative estimate of drug-likeness (QED) is 0.566. The molecule has 2 aliphatic rings. The molecule has 2 saturated heterocycles. The van der Waals surface area contributed by atoms with Gasteiger partial charge in [0, 0.05) is 45.8 Å². The molecule has 33 heavy (non-hydrogen) atoms. The van der Waals surface area contributed by atoms with Crippen LogP contribution in [0, 0.1) is 0 Å². The molecule has 4 heterocycles. The Morgan fingerprint density at radius 2 is 1.70 bits per heavy atom. The van der Waals surface area contributed by atoms with Crippen molar-refractivity contribution in [2.24, 2.45) is 7.05 Å². The molecule has 2 aliphatic heterocycles. The highest BCUT2D eigenvalue weighted by Gasteiger charge is 2.30. The van der Waals surface area contributed by atoms with E-state index in [0.29, 0.717) is 43.3 Å². The second kappa shape index (κ2) is 8.45. The fourth-order valence-corrected chi connectivity index (χ4v) is 6.09. The summed E-state index contributed by atoms with van der Waals surface area (Å²) in [7, 11) is -2.13. The average molecular weight is 473 g/mol. The number of rotatable bonds is 4. The zero-order chi connectivity index (χ0) is 23.2. The number of benzene rings is 1. The van der Waals surface area contributed by atoms with E-state index >= 15 is 0 Å². The predicted octanol–water partition coefficient (Wildman–Crippen LogP) is 1.81. The summed E-state index contributed by atoms with van der Waals surface area (Å²) in [5.41, 5.74) is 0.824. The van der Waals surface area contributed by atoms with Crippen molar-refractivity contribution >= 4 is 32.8 Å². The number of hydrogen-bond donors (Lipinski definition) is 0. The van der Waals surface area contributed by atoms with Crippen LogP contribution < -0.4 is 15.6 Å². The first-order valence-electron chi connectivity index (χ1n) is 11.3. The molecule has 0 saturated carbocycles. The fourth-order valence-electron chi connectivity index (χ4n) is 4.65. The van der Waals surface area contributed by atoms with Gasteiger partial charge >= 0.3 is 5.76 Å². The molecular weight excluding hydrogens is 444 g/mol. The first-order valence-corrected chi connectivity index (χ1v) is 12.7. The van der Waals surface area contributed by atoms with E-state index in [0.717, 1.165) is 18.2 Å². The van der Waals surface area contributed by atoms with Crippen molar-refractivity contribution < 1.29 is 12.8 Å². The minimum absolute atomic E-state index is 0.152. The van der Waals surface area contributed by atoms with Gasteiger partial charge in [-0.05, 0) is 56.5 Å². The Morgan fingerprint density at radius 1 is 0.970 bits per heavy atom. The van der Waals surface area contributed by atoms with E-state index in [-0.39, 0.29) is 4.90 Å². The zero-order valence-corrected chi connectivity index (χ0v) is 19.7. The van der Waals surface area contributed by atoms with Crippen molar-refractivity contribution in [2.75, 3.05) is 42.5 Å². The lowest BCUT2D eigenvalue weighted by Gasteiger charge is -2.35. The molecule has 1 unspecified atom stereocenters. The lowest BCUT2D eigenvalue weighted by atomic mass is 10.0. The van der Waals surface area contributed by atoms with Crippen LogP contribution in [0.5, 0.6) is 0 Å². The van der Waals surface area contributed by atoms with Crippen LogP contribution in [-0.4, -0.2) is 66.3 Å². The molecule has 2 aromatic heterocycles. The molecule has 10 nitrogen and oxygen atoms in total. The topological polar surface area (TPSA) is 105 Å². The van der Waals surface area contributed by atoms with E-state index in [2.05, 4.69) is 26.9 Å². The van der Waals surface area contributed by atoms with Gasteiger partial charge in [-0.25, -0.2) is 13.2 Å². The smallest absolute Gasteiger partial charge is 0.408 e. The number of piperazine rings is 1. The van der Waals surface area contributed by atoms with E-state index in [1.807, 2.05) is 12.1 Å². The third-order valence-corrected chi connectivity index (χ3v) is 8.59. The van der Waals surface area contributed by atoms with Gasteiger partial charge in [0.25, 0.3) is 0 Å². The maximum Gasteiger partial charge on any atom is 0.419 e. The van der Waals surface area contributed by atoms with Crippen molar-refractivity contribution in [3.63, 3.8) is 0 Å². The van der Waals surface area contributed by atoms with Gasteiger partial charge in [0.05, 0.1) is 10.4 Å². The molecule has 0 amide bonds. The first kappa shape index (κ1) is 21.9. The van der Waals surface area contributed by atoms with Crippen molar-refractivity contribution in [3.05, 3.63) is 40.9 Å². The van der Waals surface area contributed by atoms with Crippen LogP contribution in [0.15, 0.2) is 44.4 Å². The molecule has 0 spiro atoms. The Balaban J connectivity index is 1.27. The molecule has 11 heteroatoms. The highest BCUT2D eigenvalue weighted by Crippen LogP contribution is 2.25. The Kier molecular flexibility index (Phi) is 5.61. The summed E-state index contributed by atoms with van der Waals surface area (Å²) in [6, 6.07) is 8.96. The van der Waals surface area contributed by atoms with Crippen LogP contribution in [0.1, 0.15) is 26.2 Å². The maximum atomic E-state index is 13.2. The van der Waals surface area contributed by atoms with E-state index in [4.69, 9.17) is 4.42 Å². The zero-order valence-electron chi connectivity index (χ0n) is 18.8. The number of aromatic nitrogens is 3. The normalized spacial score (nSPS) is 20.5. The van der Waals surface area contributed by atoms with Gasteiger partial charge in [0.1, 0.15) is 0 Å². The van der Waals surface area contributed by atoms with Crippen LogP contribution in [0.25, 0.3) is 11.1 Å². The molecule has 3 aromatic rings. The van der Waals surface area contributed by atoms with Gasteiger partial charge in [0.15, 0.2) is 17.2 Å². The van der Waals surface area contributed by atoms with Crippen LogP contribution >= 0.6 is 0 Å². The van der Waals surface area contributed by atoms with E-state index < -0.39 is 15.8 Å². The number of aryl methyl sites for hydroxylation is 1. The Bertz CT molecular complexity index is 1310. The summed E-state index contributed by atoms with van der Waals surface area (Å²) in [5.74, 6) is 1.14. The second-order valence-corrected chi connectivity index (χ2v) is 10.7. The first-order chi connectivity index (χ1) is 15.8. The molecule has 0 radical (unpaired) electrons. The van der Waals surface area contributed by atoms with Crippen LogP contribution in [0.2, 0.25) is 0 Å². The molecule has 2 fully saturated rings. The number of fused-ring (bicyclic) bond motifs is 1. The van der Waals surface area contributed by atoms with Crippen molar-refractivity contribution in [2.45, 2.75) is 37.1 Å². The molecule has 5 rings (SSSR count). The molecule has 176 valence electrons. The molecule has 1 atom stereocenters. The van der Waals surface area contributed by atoms with Gasteiger partial charge in [-0.1, -0.05) is 0 Å². The third-order valence-electron chi connectivity index (χ3n) is 6.70. The van der Waals surface area contributed by atoms with E-state index in [1.54, 1.807) is 7.05 Å². The Morgan fingerprint density at radius 3 is 2.39 bits per heavy atom. The Labute approximate surface area is 192 Å². The third kappa shape index (κ3) is 3.99. The highest BCUT2D eigenvalue weighted by molar-refractivity contribution is 7.89. The lowest BCUT2D eigenvalue weighted by Crippen LogP contribution is -2.49. The van der Waals surface area contributed by atoms with Gasteiger partial charge in [-0.3, -0.25) is 4.57 Å². The van der Waals surface area contributed by atoms with Crippen LogP contribution in [0.4, 0.5) is 11.6 Å². The average Bonchev–Trinajstić information content (AvgIpc) is 3.12. The summed E-state index contributed by atoms with van der Waals surface area (Å²) in [6.45, 7) is 4.97. The van der Waals surface area contributed by atoms with Crippen LogP contribution in [-0.2, 0) is 17.1 Å². The molecule has 0 bridgehead atoms. The van der Waals surface area contributed by atoms with Crippen molar-refractivity contribution in [1.82, 2.24) is 19.1 Å².